The Bertz CT molecular complexity index is 814. The molecule has 116 valence electrons. The number of hydrogen-bond donors (Lipinski definition) is 1. The molecule has 2 aromatic carbocycles. The van der Waals surface area contributed by atoms with E-state index in [9.17, 15) is 4.79 Å². The van der Waals surface area contributed by atoms with E-state index in [1.807, 2.05) is 72.4 Å². The first-order chi connectivity index (χ1) is 11.2. The Labute approximate surface area is 148 Å². The summed E-state index contributed by atoms with van der Waals surface area (Å²) in [6.07, 6.45) is 3.62. The fourth-order valence-corrected chi connectivity index (χ4v) is 3.08. The minimum absolute atomic E-state index is 0.105. The van der Waals surface area contributed by atoms with Crippen molar-refractivity contribution in [2.75, 3.05) is 0 Å². The predicted octanol–water partition coefficient (Wildman–Crippen LogP) is 3.54. The van der Waals surface area contributed by atoms with Crippen molar-refractivity contribution in [1.29, 1.82) is 0 Å². The molecule has 0 saturated carbocycles. The highest BCUT2D eigenvalue weighted by Gasteiger charge is 2.21. The summed E-state index contributed by atoms with van der Waals surface area (Å²) in [6.45, 7) is 0. The first kappa shape index (κ1) is 15.7. The molecule has 1 atom stereocenters. The number of nitrogens with one attached hydrogen (secondary N) is 1. The van der Waals surface area contributed by atoms with Gasteiger partial charge in [0.1, 0.15) is 11.9 Å². The molecule has 3 aromatic rings. The molecule has 1 heterocycles. The third-order valence-corrected chi connectivity index (χ3v) is 4.58. The summed E-state index contributed by atoms with van der Waals surface area (Å²) in [4.78, 5) is 17.1. The third-order valence-electron chi connectivity index (χ3n) is 3.64. The number of hydrogen-bond acceptors (Lipinski definition) is 2. The lowest BCUT2D eigenvalue weighted by molar-refractivity contribution is 0.0940. The van der Waals surface area contributed by atoms with Gasteiger partial charge in [-0.15, -0.1) is 0 Å². The molecule has 0 spiro atoms. The maximum atomic E-state index is 12.7. The molecule has 0 radical (unpaired) electrons. The van der Waals surface area contributed by atoms with Gasteiger partial charge in [0.05, 0.1) is 5.56 Å². The van der Waals surface area contributed by atoms with Gasteiger partial charge in [0.2, 0.25) is 0 Å². The number of rotatable bonds is 4. The molecule has 1 N–H and O–H groups in total. The Balaban J connectivity index is 1.96. The second kappa shape index (κ2) is 6.95. The van der Waals surface area contributed by atoms with Crippen LogP contribution in [0.1, 0.15) is 27.8 Å². The number of carbonyl (C=O) groups is 1. The van der Waals surface area contributed by atoms with Gasteiger partial charge in [-0.1, -0.05) is 42.5 Å². The second-order valence-electron chi connectivity index (χ2n) is 5.19. The Hall–Kier alpha value is -2.15. The van der Waals surface area contributed by atoms with Crippen LogP contribution < -0.4 is 5.32 Å². The van der Waals surface area contributed by atoms with Crippen LogP contribution in [0.25, 0.3) is 0 Å². The van der Waals surface area contributed by atoms with Crippen molar-refractivity contribution in [3.05, 3.63) is 87.5 Å². The zero-order valence-electron chi connectivity index (χ0n) is 12.6. The third kappa shape index (κ3) is 3.44. The van der Waals surface area contributed by atoms with Crippen LogP contribution in [0.2, 0.25) is 0 Å². The zero-order valence-corrected chi connectivity index (χ0v) is 14.8. The van der Waals surface area contributed by atoms with E-state index in [0.717, 1.165) is 15.0 Å². The summed E-state index contributed by atoms with van der Waals surface area (Å²) in [5.41, 5.74) is 1.67. The first-order valence-corrected chi connectivity index (χ1v) is 8.32. The highest BCUT2D eigenvalue weighted by Crippen LogP contribution is 2.21. The van der Waals surface area contributed by atoms with E-state index < -0.39 is 0 Å². The van der Waals surface area contributed by atoms with Crippen molar-refractivity contribution in [2.45, 2.75) is 6.04 Å². The maximum Gasteiger partial charge on any atom is 0.253 e. The molecule has 0 aliphatic heterocycles. The molecule has 0 unspecified atom stereocenters. The monoisotopic (exact) mass is 417 g/mol. The fraction of sp³-hybridized carbons (Fsp3) is 0.111. The molecule has 4 nitrogen and oxygen atoms in total. The van der Waals surface area contributed by atoms with Gasteiger partial charge in [0.15, 0.2) is 0 Å². The molecular formula is C18H16IN3O. The van der Waals surface area contributed by atoms with Crippen LogP contribution >= 0.6 is 22.6 Å². The highest BCUT2D eigenvalue weighted by molar-refractivity contribution is 14.1. The van der Waals surface area contributed by atoms with Crippen LogP contribution in [-0.4, -0.2) is 15.5 Å². The molecule has 3 rings (SSSR count). The molecule has 0 aliphatic carbocycles. The largest absolute Gasteiger partial charge is 0.338 e. The molecule has 5 heteroatoms. The van der Waals surface area contributed by atoms with E-state index in [1.54, 1.807) is 6.20 Å². The minimum atomic E-state index is -0.292. The Morgan fingerprint density at radius 2 is 1.83 bits per heavy atom. The van der Waals surface area contributed by atoms with Crippen molar-refractivity contribution in [3.8, 4) is 0 Å². The molecule has 1 aromatic heterocycles. The van der Waals surface area contributed by atoms with Gasteiger partial charge in [-0.3, -0.25) is 4.79 Å². The number of aryl methyl sites for hydroxylation is 1. The van der Waals surface area contributed by atoms with Crippen LogP contribution in [0.5, 0.6) is 0 Å². The van der Waals surface area contributed by atoms with Crippen LogP contribution in [0.15, 0.2) is 67.0 Å². The van der Waals surface area contributed by atoms with E-state index in [-0.39, 0.29) is 11.9 Å². The first-order valence-electron chi connectivity index (χ1n) is 7.24. The summed E-state index contributed by atoms with van der Waals surface area (Å²) in [6, 6.07) is 17.1. The van der Waals surface area contributed by atoms with Crippen LogP contribution in [-0.2, 0) is 7.05 Å². The maximum absolute atomic E-state index is 12.7. The van der Waals surface area contributed by atoms with Crippen LogP contribution in [0.3, 0.4) is 0 Å². The standard InChI is InChI=1S/C18H16IN3O/c1-22-12-11-20-17(22)16(13-7-3-2-4-8-13)21-18(23)14-9-5-6-10-15(14)19/h2-12,16H,1H3,(H,21,23)/t16-/m1/s1. The van der Waals surface area contributed by atoms with Crippen molar-refractivity contribution in [2.24, 2.45) is 7.05 Å². The predicted molar refractivity (Wildman–Crippen MR) is 98.1 cm³/mol. The van der Waals surface area contributed by atoms with Gasteiger partial charge < -0.3 is 9.88 Å². The van der Waals surface area contributed by atoms with E-state index in [1.165, 1.54) is 0 Å². The van der Waals surface area contributed by atoms with Crippen molar-refractivity contribution < 1.29 is 4.79 Å². The van der Waals surface area contributed by atoms with E-state index in [0.29, 0.717) is 5.56 Å². The topological polar surface area (TPSA) is 46.9 Å². The van der Waals surface area contributed by atoms with Gasteiger partial charge in [-0.2, -0.15) is 0 Å². The van der Waals surface area contributed by atoms with E-state index >= 15 is 0 Å². The highest BCUT2D eigenvalue weighted by atomic mass is 127. The van der Waals surface area contributed by atoms with Gasteiger partial charge in [-0.05, 0) is 40.3 Å². The lowest BCUT2D eigenvalue weighted by Crippen LogP contribution is -2.31. The average molecular weight is 417 g/mol. The van der Waals surface area contributed by atoms with Gasteiger partial charge in [0.25, 0.3) is 5.91 Å². The number of carbonyl (C=O) groups excluding carboxylic acids is 1. The normalized spacial score (nSPS) is 11.9. The quantitative estimate of drug-likeness (QED) is 0.661. The van der Waals surface area contributed by atoms with Gasteiger partial charge >= 0.3 is 0 Å². The molecule has 1 amide bonds. The Kier molecular flexibility index (Phi) is 4.76. The Morgan fingerprint density at radius 3 is 2.48 bits per heavy atom. The molecule has 23 heavy (non-hydrogen) atoms. The summed E-state index contributed by atoms with van der Waals surface area (Å²) >= 11 is 2.18. The van der Waals surface area contributed by atoms with Crippen molar-refractivity contribution in [1.82, 2.24) is 14.9 Å². The second-order valence-corrected chi connectivity index (χ2v) is 6.36. The molecule has 0 fully saturated rings. The lowest BCUT2D eigenvalue weighted by atomic mass is 10.1. The number of nitrogens with zero attached hydrogens (tertiary/aromatic N) is 2. The number of halogens is 1. The van der Waals surface area contributed by atoms with E-state index in [2.05, 4.69) is 32.9 Å². The number of aromatic nitrogens is 2. The molecule has 0 saturated heterocycles. The SMILES string of the molecule is Cn1ccnc1[C@H](NC(=O)c1ccccc1I)c1ccccc1. The summed E-state index contributed by atoms with van der Waals surface area (Å²) < 4.78 is 2.85. The molecular weight excluding hydrogens is 401 g/mol. The van der Waals surface area contributed by atoms with E-state index in [4.69, 9.17) is 0 Å². The van der Waals surface area contributed by atoms with Gasteiger partial charge in [-0.25, -0.2) is 4.98 Å². The smallest absolute Gasteiger partial charge is 0.253 e. The van der Waals surface area contributed by atoms with Crippen LogP contribution in [0.4, 0.5) is 0 Å². The van der Waals surface area contributed by atoms with Gasteiger partial charge in [0, 0.05) is 23.0 Å². The molecule has 0 bridgehead atoms. The summed E-state index contributed by atoms with van der Waals surface area (Å²) in [5, 5.41) is 3.11. The average Bonchev–Trinajstić information content (AvgIpc) is 2.99. The zero-order chi connectivity index (χ0) is 16.2. The summed E-state index contributed by atoms with van der Waals surface area (Å²) in [5.74, 6) is 0.697. The number of benzene rings is 2. The lowest BCUT2D eigenvalue weighted by Gasteiger charge is -2.19. The summed E-state index contributed by atoms with van der Waals surface area (Å²) in [7, 11) is 1.93. The Morgan fingerprint density at radius 1 is 1.13 bits per heavy atom. The number of imidazole rings is 1. The van der Waals surface area contributed by atoms with Crippen molar-refractivity contribution in [3.63, 3.8) is 0 Å². The molecule has 0 aliphatic rings. The fourth-order valence-electron chi connectivity index (χ4n) is 2.45. The number of amides is 1. The van der Waals surface area contributed by atoms with Crippen LogP contribution in [0, 0.1) is 3.57 Å². The van der Waals surface area contributed by atoms with Crippen molar-refractivity contribution >= 4 is 28.5 Å². The minimum Gasteiger partial charge on any atom is -0.338 e.